The van der Waals surface area contributed by atoms with Gasteiger partial charge in [-0.1, -0.05) is 71.9 Å². The van der Waals surface area contributed by atoms with Crippen molar-refractivity contribution in [3.63, 3.8) is 0 Å². The molecule has 0 radical (unpaired) electrons. The van der Waals surface area contributed by atoms with Crippen LogP contribution in [0.5, 0.6) is 0 Å². The van der Waals surface area contributed by atoms with Crippen LogP contribution in [0.25, 0.3) is 16.9 Å². The van der Waals surface area contributed by atoms with Crippen LogP contribution in [0.2, 0.25) is 0 Å². The molecule has 1 atom stereocenters. The molecule has 0 fully saturated rings. The van der Waals surface area contributed by atoms with Crippen molar-refractivity contribution in [3.8, 4) is 16.9 Å². The highest BCUT2D eigenvalue weighted by Crippen LogP contribution is 2.42. The summed E-state index contributed by atoms with van der Waals surface area (Å²) in [5, 5.41) is 9.09. The first kappa shape index (κ1) is 16.2. The maximum absolute atomic E-state index is 13.6. The van der Waals surface area contributed by atoms with E-state index >= 15 is 0 Å². The molecule has 140 valence electrons. The van der Waals surface area contributed by atoms with Gasteiger partial charge in [0, 0.05) is 12.1 Å². The lowest BCUT2D eigenvalue weighted by molar-refractivity contribution is 0.0698. The summed E-state index contributed by atoms with van der Waals surface area (Å²) in [6.45, 7) is 0.675. The second-order valence-corrected chi connectivity index (χ2v) is 7.47. The molecule has 1 aromatic heterocycles. The first-order chi connectivity index (χ1) is 14.3. The van der Waals surface area contributed by atoms with Crippen LogP contribution in [0, 0.1) is 0 Å². The average Bonchev–Trinajstić information content (AvgIpc) is 3.19. The maximum atomic E-state index is 13.6. The van der Waals surface area contributed by atoms with Crippen LogP contribution in [-0.2, 0) is 6.42 Å². The Hall–Kier alpha value is -3.73. The van der Waals surface area contributed by atoms with Gasteiger partial charge in [0.05, 0.1) is 16.9 Å². The second kappa shape index (κ2) is 6.14. The Morgan fingerprint density at radius 3 is 2.52 bits per heavy atom. The molecule has 3 heterocycles. The molecule has 0 aliphatic carbocycles. The second-order valence-electron chi connectivity index (χ2n) is 7.47. The number of carbonyl (C=O) groups is 1. The molecule has 0 bridgehead atoms. The first-order valence-electron chi connectivity index (χ1n) is 9.82. The van der Waals surface area contributed by atoms with Gasteiger partial charge in [-0.15, -0.1) is 5.10 Å². The van der Waals surface area contributed by atoms with Gasteiger partial charge in [-0.3, -0.25) is 4.79 Å². The number of para-hydroxylation sites is 1. The minimum absolute atomic E-state index is 0.0459. The molecule has 29 heavy (non-hydrogen) atoms. The molecular formula is C24H18N4O. The molecule has 5 heteroatoms. The van der Waals surface area contributed by atoms with E-state index in [1.54, 1.807) is 0 Å². The van der Waals surface area contributed by atoms with E-state index in [1.165, 1.54) is 5.56 Å². The fourth-order valence-corrected chi connectivity index (χ4v) is 4.59. The molecule has 2 aliphatic heterocycles. The van der Waals surface area contributed by atoms with Gasteiger partial charge in [-0.25, -0.2) is 4.68 Å². The Morgan fingerprint density at radius 1 is 0.862 bits per heavy atom. The Balaban J connectivity index is 1.70. The topological polar surface area (TPSA) is 51.0 Å². The smallest absolute Gasteiger partial charge is 0.256 e. The first-order valence-corrected chi connectivity index (χ1v) is 9.82. The number of hydrogen-bond donors (Lipinski definition) is 0. The van der Waals surface area contributed by atoms with E-state index in [0.717, 1.165) is 34.6 Å². The zero-order valence-corrected chi connectivity index (χ0v) is 15.7. The quantitative estimate of drug-likeness (QED) is 0.502. The lowest BCUT2D eigenvalue weighted by Gasteiger charge is -2.36. The van der Waals surface area contributed by atoms with Gasteiger partial charge >= 0.3 is 0 Å². The van der Waals surface area contributed by atoms with E-state index in [1.807, 2.05) is 70.2 Å². The molecule has 4 aromatic rings. The van der Waals surface area contributed by atoms with Gasteiger partial charge in [-0.05, 0) is 29.7 Å². The van der Waals surface area contributed by atoms with Crippen LogP contribution in [0.4, 0.5) is 0 Å². The number of benzene rings is 3. The maximum Gasteiger partial charge on any atom is 0.256 e. The van der Waals surface area contributed by atoms with Crippen LogP contribution in [-0.4, -0.2) is 32.3 Å². The van der Waals surface area contributed by atoms with Gasteiger partial charge in [0.2, 0.25) is 0 Å². The molecule has 6 rings (SSSR count). The van der Waals surface area contributed by atoms with Crippen molar-refractivity contribution in [2.45, 2.75) is 12.5 Å². The minimum atomic E-state index is -0.218. The Labute approximate surface area is 168 Å². The molecule has 0 spiro atoms. The number of aromatic nitrogens is 3. The van der Waals surface area contributed by atoms with Crippen LogP contribution in [0.3, 0.4) is 0 Å². The molecule has 0 N–H and O–H groups in total. The number of amides is 1. The minimum Gasteiger partial charge on any atom is -0.325 e. The van der Waals surface area contributed by atoms with Gasteiger partial charge in [0.25, 0.3) is 5.91 Å². The van der Waals surface area contributed by atoms with E-state index in [9.17, 15) is 4.79 Å². The highest BCUT2D eigenvalue weighted by molar-refractivity contribution is 5.99. The van der Waals surface area contributed by atoms with Gasteiger partial charge in [-0.2, -0.15) is 0 Å². The van der Waals surface area contributed by atoms with Crippen LogP contribution in [0.15, 0.2) is 78.9 Å². The number of rotatable bonds is 1. The Kier molecular flexibility index (Phi) is 3.44. The summed E-state index contributed by atoms with van der Waals surface area (Å²) in [5.74, 6) is 0.0459. The molecule has 3 aromatic carbocycles. The van der Waals surface area contributed by atoms with Gasteiger partial charge in [0.15, 0.2) is 0 Å². The summed E-state index contributed by atoms with van der Waals surface area (Å²) in [7, 11) is 0. The van der Waals surface area contributed by atoms with Crippen molar-refractivity contribution in [2.75, 3.05) is 6.54 Å². The molecule has 0 saturated carbocycles. The van der Waals surface area contributed by atoms with Crippen molar-refractivity contribution < 1.29 is 4.79 Å². The van der Waals surface area contributed by atoms with Crippen LogP contribution < -0.4 is 0 Å². The van der Waals surface area contributed by atoms with E-state index in [4.69, 9.17) is 0 Å². The molecule has 1 amide bonds. The van der Waals surface area contributed by atoms with Crippen molar-refractivity contribution in [1.82, 2.24) is 19.9 Å². The van der Waals surface area contributed by atoms with Crippen LogP contribution >= 0.6 is 0 Å². The van der Waals surface area contributed by atoms with Crippen molar-refractivity contribution in [1.29, 1.82) is 0 Å². The lowest BCUT2D eigenvalue weighted by Crippen LogP contribution is -2.40. The van der Waals surface area contributed by atoms with E-state index in [2.05, 4.69) is 28.5 Å². The summed E-state index contributed by atoms with van der Waals surface area (Å²) in [6.07, 6.45) is 0.850. The fraction of sp³-hybridized carbons (Fsp3) is 0.125. The molecule has 2 aliphatic rings. The van der Waals surface area contributed by atoms with Gasteiger partial charge < -0.3 is 4.90 Å². The lowest BCUT2D eigenvalue weighted by atomic mass is 9.89. The van der Waals surface area contributed by atoms with Gasteiger partial charge in [0.1, 0.15) is 11.7 Å². The fourth-order valence-electron chi connectivity index (χ4n) is 4.59. The summed E-state index contributed by atoms with van der Waals surface area (Å²) < 4.78 is 1.86. The number of hydrogen-bond acceptors (Lipinski definition) is 3. The SMILES string of the molecule is O=C1c2ccccc2-n2nnc(-c3ccccc3)c2C2c3ccccc3CCN12. The number of fused-ring (bicyclic) bond motifs is 7. The van der Waals surface area contributed by atoms with E-state index in [-0.39, 0.29) is 11.9 Å². The molecule has 5 nitrogen and oxygen atoms in total. The monoisotopic (exact) mass is 378 g/mol. The Bertz CT molecular complexity index is 1240. The number of nitrogens with zero attached hydrogens (tertiary/aromatic N) is 4. The Morgan fingerprint density at radius 2 is 1.62 bits per heavy atom. The normalized spacial score (nSPS) is 17.0. The standard InChI is InChI=1S/C24H18N4O/c29-24-19-12-6-7-13-20(19)28-23(21(25-26-28)17-9-2-1-3-10-17)22-18-11-5-4-8-16(18)14-15-27(22)24/h1-13,22H,14-15H2. The molecule has 0 saturated heterocycles. The summed E-state index contributed by atoms with van der Waals surface area (Å²) >= 11 is 0. The van der Waals surface area contributed by atoms with E-state index in [0.29, 0.717) is 12.1 Å². The van der Waals surface area contributed by atoms with Crippen LogP contribution in [0.1, 0.15) is 33.2 Å². The zero-order chi connectivity index (χ0) is 19.4. The summed E-state index contributed by atoms with van der Waals surface area (Å²) in [4.78, 5) is 15.5. The van der Waals surface area contributed by atoms with E-state index < -0.39 is 0 Å². The zero-order valence-electron chi connectivity index (χ0n) is 15.7. The van der Waals surface area contributed by atoms with Crippen molar-refractivity contribution in [3.05, 3.63) is 101 Å². The third-order valence-electron chi connectivity index (χ3n) is 5.92. The third-order valence-corrected chi connectivity index (χ3v) is 5.92. The average molecular weight is 378 g/mol. The van der Waals surface area contributed by atoms with Crippen molar-refractivity contribution >= 4 is 5.91 Å². The summed E-state index contributed by atoms with van der Waals surface area (Å²) in [6, 6.07) is 25.9. The molecule has 1 unspecified atom stereocenters. The third kappa shape index (κ3) is 2.30. The molecular weight excluding hydrogens is 360 g/mol. The predicted octanol–water partition coefficient (Wildman–Crippen LogP) is 4.04. The predicted molar refractivity (Wildman–Crippen MR) is 110 cm³/mol. The highest BCUT2D eigenvalue weighted by Gasteiger charge is 2.40. The largest absolute Gasteiger partial charge is 0.325 e. The number of carbonyl (C=O) groups excluding carboxylic acids is 1. The highest BCUT2D eigenvalue weighted by atomic mass is 16.2. The summed E-state index contributed by atoms with van der Waals surface area (Å²) in [5.41, 5.74) is 6.65. The van der Waals surface area contributed by atoms with Crippen molar-refractivity contribution in [2.24, 2.45) is 0 Å².